The first-order valence-electron chi connectivity index (χ1n) is 7.02. The Labute approximate surface area is 130 Å². The van der Waals surface area contributed by atoms with Gasteiger partial charge in [0.15, 0.2) is 0 Å². The van der Waals surface area contributed by atoms with Crippen molar-refractivity contribution in [3.63, 3.8) is 0 Å². The molecule has 0 aliphatic heterocycles. The highest BCUT2D eigenvalue weighted by molar-refractivity contribution is 6.04. The van der Waals surface area contributed by atoms with Crippen molar-refractivity contribution in [3.05, 3.63) is 58.9 Å². The second kappa shape index (κ2) is 6.31. The summed E-state index contributed by atoms with van der Waals surface area (Å²) in [7, 11) is 3.70. The van der Waals surface area contributed by atoms with E-state index in [1.54, 1.807) is 17.2 Å². The van der Waals surface area contributed by atoms with E-state index in [4.69, 9.17) is 0 Å². The number of carbonyl (C=O) groups is 1. The molecule has 0 radical (unpaired) electrons. The largest absolute Gasteiger partial charge is 0.383 e. The number of aromatic nitrogens is 1. The second-order valence-electron chi connectivity index (χ2n) is 5.55. The van der Waals surface area contributed by atoms with Gasteiger partial charge in [-0.25, -0.2) is 0 Å². The quantitative estimate of drug-likeness (QED) is 0.694. The minimum Gasteiger partial charge on any atom is -0.383 e. The summed E-state index contributed by atoms with van der Waals surface area (Å²) in [5.74, 6) is -0.151. The number of hydrogen-bond donors (Lipinski definition) is 1. The summed E-state index contributed by atoms with van der Waals surface area (Å²) in [5.41, 5.74) is 4.73. The minimum absolute atomic E-state index is 0.151. The third-order valence-electron chi connectivity index (χ3n) is 3.39. The smallest absolute Gasteiger partial charge is 0.203 e. The molecule has 1 N–H and O–H groups in total. The van der Waals surface area contributed by atoms with Crippen LogP contribution >= 0.6 is 0 Å². The molecule has 0 saturated heterocycles. The molecule has 112 valence electrons. The fourth-order valence-electron chi connectivity index (χ4n) is 2.20. The molecule has 4 nitrogen and oxygen atoms in total. The van der Waals surface area contributed by atoms with Crippen LogP contribution in [0.4, 0.5) is 0 Å². The average molecular weight is 293 g/mol. The number of benzene rings is 1. The van der Waals surface area contributed by atoms with Crippen LogP contribution in [-0.2, 0) is 0 Å². The van der Waals surface area contributed by atoms with Crippen LogP contribution < -0.4 is 0 Å². The number of nitriles is 1. The van der Waals surface area contributed by atoms with Crippen molar-refractivity contribution in [1.29, 1.82) is 5.26 Å². The highest BCUT2D eigenvalue weighted by Crippen LogP contribution is 2.27. The van der Waals surface area contributed by atoms with Crippen LogP contribution in [0.3, 0.4) is 0 Å². The van der Waals surface area contributed by atoms with Crippen LogP contribution in [0.5, 0.6) is 0 Å². The van der Waals surface area contributed by atoms with Crippen molar-refractivity contribution in [2.24, 2.45) is 0 Å². The Bertz CT molecular complexity index is 776. The third-order valence-corrected chi connectivity index (χ3v) is 3.39. The average Bonchev–Trinajstić information content (AvgIpc) is 2.91. The maximum Gasteiger partial charge on any atom is 0.203 e. The standard InChI is InChI=1S/C18H19N3O/c1-12-5-6-13(2)15(9-12)18-14(11-19)10-16(20-18)17(22)7-8-21(3)4/h5-10,20H,1-4H3/b8-7+. The normalized spacial score (nSPS) is 10.7. The fraction of sp³-hybridized carbons (Fsp3) is 0.222. The molecule has 22 heavy (non-hydrogen) atoms. The lowest BCUT2D eigenvalue weighted by molar-refractivity contribution is 0.104. The Hall–Kier alpha value is -2.80. The second-order valence-corrected chi connectivity index (χ2v) is 5.55. The summed E-state index contributed by atoms with van der Waals surface area (Å²) in [6, 6.07) is 9.83. The highest BCUT2D eigenvalue weighted by atomic mass is 16.1. The van der Waals surface area contributed by atoms with Crippen LogP contribution in [0.1, 0.15) is 27.2 Å². The number of H-pyrrole nitrogens is 1. The molecule has 2 aromatic rings. The molecule has 4 heteroatoms. The minimum atomic E-state index is -0.151. The first kappa shape index (κ1) is 15.6. The summed E-state index contributed by atoms with van der Waals surface area (Å²) in [6.45, 7) is 3.99. The molecule has 2 rings (SSSR count). The lowest BCUT2D eigenvalue weighted by Gasteiger charge is -2.06. The topological polar surface area (TPSA) is 59.9 Å². The fourth-order valence-corrected chi connectivity index (χ4v) is 2.20. The number of allylic oxidation sites excluding steroid dienone is 1. The zero-order chi connectivity index (χ0) is 16.3. The first-order chi connectivity index (χ1) is 10.4. The molecule has 0 saturated carbocycles. The zero-order valence-corrected chi connectivity index (χ0v) is 13.3. The van der Waals surface area contributed by atoms with Crippen LogP contribution in [-0.4, -0.2) is 29.8 Å². The van der Waals surface area contributed by atoms with Crippen molar-refractivity contribution in [3.8, 4) is 17.3 Å². The monoisotopic (exact) mass is 293 g/mol. The van der Waals surface area contributed by atoms with Gasteiger partial charge in [0, 0.05) is 31.9 Å². The summed E-state index contributed by atoms with van der Waals surface area (Å²) in [6.07, 6.45) is 3.17. The van der Waals surface area contributed by atoms with Crippen molar-refractivity contribution in [2.45, 2.75) is 13.8 Å². The van der Waals surface area contributed by atoms with E-state index in [0.29, 0.717) is 17.0 Å². The number of rotatable bonds is 4. The van der Waals surface area contributed by atoms with Gasteiger partial charge in [0.05, 0.1) is 17.0 Å². The number of nitrogens with zero attached hydrogens (tertiary/aromatic N) is 2. The van der Waals surface area contributed by atoms with Crippen LogP contribution in [0.2, 0.25) is 0 Å². The number of hydrogen-bond acceptors (Lipinski definition) is 3. The van der Waals surface area contributed by atoms with E-state index >= 15 is 0 Å². The van der Waals surface area contributed by atoms with E-state index in [9.17, 15) is 10.1 Å². The van der Waals surface area contributed by atoms with E-state index in [-0.39, 0.29) is 5.78 Å². The van der Waals surface area contributed by atoms with Gasteiger partial charge in [-0.3, -0.25) is 4.79 Å². The summed E-state index contributed by atoms with van der Waals surface area (Å²) >= 11 is 0. The molecular formula is C18H19N3O. The predicted octanol–water partition coefficient (Wildman–Crippen LogP) is 3.43. The van der Waals surface area contributed by atoms with Crippen molar-refractivity contribution in [1.82, 2.24) is 9.88 Å². The molecule has 0 amide bonds. The van der Waals surface area contributed by atoms with Gasteiger partial charge >= 0.3 is 0 Å². The van der Waals surface area contributed by atoms with Crippen molar-refractivity contribution in [2.75, 3.05) is 14.1 Å². The number of aryl methyl sites for hydroxylation is 2. The Morgan fingerprint density at radius 2 is 2.00 bits per heavy atom. The molecule has 1 aromatic heterocycles. The number of nitrogens with one attached hydrogen (secondary N) is 1. The highest BCUT2D eigenvalue weighted by Gasteiger charge is 2.15. The number of aromatic amines is 1. The van der Waals surface area contributed by atoms with Crippen molar-refractivity contribution >= 4 is 5.78 Å². The van der Waals surface area contributed by atoms with Crippen molar-refractivity contribution < 1.29 is 4.79 Å². The van der Waals surface area contributed by atoms with Gasteiger partial charge < -0.3 is 9.88 Å². The lowest BCUT2D eigenvalue weighted by Crippen LogP contribution is -2.03. The maximum atomic E-state index is 12.2. The number of carbonyl (C=O) groups excluding carboxylic acids is 1. The van der Waals surface area contributed by atoms with Crippen LogP contribution in [0, 0.1) is 25.2 Å². The predicted molar refractivity (Wildman–Crippen MR) is 87.6 cm³/mol. The molecular weight excluding hydrogens is 274 g/mol. The molecule has 0 fully saturated rings. The van der Waals surface area contributed by atoms with E-state index in [1.165, 1.54) is 6.08 Å². The van der Waals surface area contributed by atoms with Gasteiger partial charge in [-0.1, -0.05) is 17.7 Å². The first-order valence-corrected chi connectivity index (χ1v) is 7.02. The van der Waals surface area contributed by atoms with Crippen LogP contribution in [0.15, 0.2) is 36.5 Å². The summed E-state index contributed by atoms with van der Waals surface area (Å²) in [4.78, 5) is 17.0. The SMILES string of the molecule is Cc1ccc(C)c(-c2[nH]c(C(=O)/C=C/N(C)C)cc2C#N)c1. The molecule has 1 heterocycles. The molecule has 0 atom stereocenters. The zero-order valence-electron chi connectivity index (χ0n) is 13.3. The molecule has 0 aliphatic carbocycles. The summed E-state index contributed by atoms with van der Waals surface area (Å²) in [5, 5.41) is 9.35. The van der Waals surface area contributed by atoms with Crippen LogP contribution in [0.25, 0.3) is 11.3 Å². The van der Waals surface area contributed by atoms with Gasteiger partial charge in [-0.2, -0.15) is 5.26 Å². The molecule has 1 aromatic carbocycles. The molecule has 0 unspecified atom stereocenters. The Kier molecular flexibility index (Phi) is 4.47. The number of ketones is 1. The molecule has 0 aliphatic rings. The molecule has 0 spiro atoms. The van der Waals surface area contributed by atoms with Gasteiger partial charge in [-0.05, 0) is 31.5 Å². The van der Waals surface area contributed by atoms with Gasteiger partial charge in [0.1, 0.15) is 6.07 Å². The Balaban J connectivity index is 2.48. The summed E-state index contributed by atoms with van der Waals surface area (Å²) < 4.78 is 0. The lowest BCUT2D eigenvalue weighted by atomic mass is 10.0. The Morgan fingerprint density at radius 3 is 2.64 bits per heavy atom. The van der Waals surface area contributed by atoms with E-state index in [1.807, 2.05) is 46.1 Å². The molecule has 0 bridgehead atoms. The maximum absolute atomic E-state index is 12.2. The Morgan fingerprint density at radius 1 is 1.27 bits per heavy atom. The van der Waals surface area contributed by atoms with Gasteiger partial charge in [0.2, 0.25) is 5.78 Å². The van der Waals surface area contributed by atoms with Gasteiger partial charge in [-0.15, -0.1) is 0 Å². The third kappa shape index (κ3) is 3.26. The van der Waals surface area contributed by atoms with E-state index < -0.39 is 0 Å². The van der Waals surface area contributed by atoms with E-state index in [0.717, 1.165) is 16.7 Å². The van der Waals surface area contributed by atoms with E-state index in [2.05, 4.69) is 11.1 Å². The van der Waals surface area contributed by atoms with Gasteiger partial charge in [0.25, 0.3) is 0 Å².